The molecular formula is C21H20F4N4OS. The van der Waals surface area contributed by atoms with Crippen molar-refractivity contribution in [2.45, 2.75) is 32.4 Å². The van der Waals surface area contributed by atoms with E-state index in [1.807, 2.05) is 17.9 Å². The number of hydrogen-bond acceptors (Lipinski definition) is 4. The number of carbonyl (C=O) groups is 1. The molecule has 4 rings (SSSR count). The van der Waals surface area contributed by atoms with E-state index in [0.29, 0.717) is 29.3 Å². The molecule has 10 heteroatoms. The third-order valence-electron chi connectivity index (χ3n) is 5.25. The Bertz CT molecular complexity index is 1050. The molecule has 0 bridgehead atoms. The Kier molecular flexibility index (Phi) is 5.85. The summed E-state index contributed by atoms with van der Waals surface area (Å²) in [6.45, 7) is 3.12. The number of halogens is 4. The van der Waals surface area contributed by atoms with E-state index in [0.717, 1.165) is 29.2 Å². The van der Waals surface area contributed by atoms with Crippen LogP contribution in [0.15, 0.2) is 41.4 Å². The lowest BCUT2D eigenvalue weighted by atomic mass is 9.95. The normalized spacial score (nSPS) is 20.0. The topological polar surface area (TPSA) is 47.9 Å². The SMILES string of the molecule is Cc1cc(F)ccc1C1=CCN(C2N=CN(Cc3ccc(C(F)(F)F)s3)C(=O)N2)CC1. The number of nitrogens with one attached hydrogen (secondary N) is 1. The molecule has 1 N–H and O–H groups in total. The van der Waals surface area contributed by atoms with Crippen LogP contribution in [-0.2, 0) is 12.7 Å². The fourth-order valence-corrected chi connectivity index (χ4v) is 4.52. The molecule has 0 spiro atoms. The predicted molar refractivity (Wildman–Crippen MR) is 111 cm³/mol. The van der Waals surface area contributed by atoms with Crippen LogP contribution in [0.2, 0.25) is 0 Å². The van der Waals surface area contributed by atoms with Gasteiger partial charge in [0.25, 0.3) is 0 Å². The Morgan fingerprint density at radius 2 is 2.06 bits per heavy atom. The molecular weight excluding hydrogens is 432 g/mol. The summed E-state index contributed by atoms with van der Waals surface area (Å²) < 4.78 is 51.6. The Morgan fingerprint density at radius 3 is 2.68 bits per heavy atom. The van der Waals surface area contributed by atoms with E-state index in [1.54, 1.807) is 6.07 Å². The van der Waals surface area contributed by atoms with Gasteiger partial charge in [0.15, 0.2) is 6.29 Å². The average Bonchev–Trinajstić information content (AvgIpc) is 3.19. The summed E-state index contributed by atoms with van der Waals surface area (Å²) in [5, 5.41) is 2.79. The van der Waals surface area contributed by atoms with Crippen molar-refractivity contribution in [1.29, 1.82) is 0 Å². The van der Waals surface area contributed by atoms with E-state index in [-0.39, 0.29) is 12.4 Å². The molecule has 164 valence electrons. The first-order valence-electron chi connectivity index (χ1n) is 9.66. The van der Waals surface area contributed by atoms with Crippen LogP contribution in [0, 0.1) is 12.7 Å². The standard InChI is InChI=1S/C21H20F4N4OS/c1-13-10-15(22)2-4-17(13)14-6-8-28(9-7-14)19-26-12-29(20(30)27-19)11-16-3-5-18(31-16)21(23,24)25/h2-6,10,12,19H,7-9,11H2,1H3,(H,27,30). The summed E-state index contributed by atoms with van der Waals surface area (Å²) in [7, 11) is 0. The summed E-state index contributed by atoms with van der Waals surface area (Å²) in [4.78, 5) is 19.8. The van der Waals surface area contributed by atoms with Crippen LogP contribution >= 0.6 is 11.3 Å². The van der Waals surface area contributed by atoms with Crippen LogP contribution in [0.1, 0.15) is 27.3 Å². The highest BCUT2D eigenvalue weighted by Crippen LogP contribution is 2.35. The maximum atomic E-state index is 13.3. The molecule has 2 aromatic rings. The largest absolute Gasteiger partial charge is 0.425 e. The van der Waals surface area contributed by atoms with Crippen LogP contribution in [-0.4, -0.2) is 41.5 Å². The second kappa shape index (κ2) is 8.43. The maximum absolute atomic E-state index is 13.3. The smallest absolute Gasteiger partial charge is 0.303 e. The van der Waals surface area contributed by atoms with E-state index in [9.17, 15) is 22.4 Å². The van der Waals surface area contributed by atoms with Crippen molar-refractivity contribution in [2.24, 2.45) is 4.99 Å². The quantitative estimate of drug-likeness (QED) is 0.675. The number of nitrogens with zero attached hydrogens (tertiary/aromatic N) is 3. The van der Waals surface area contributed by atoms with Gasteiger partial charge in [0.2, 0.25) is 0 Å². The van der Waals surface area contributed by atoms with Gasteiger partial charge in [0, 0.05) is 18.0 Å². The Hall–Kier alpha value is -2.72. The fourth-order valence-electron chi connectivity index (χ4n) is 3.65. The van der Waals surface area contributed by atoms with Crippen LogP contribution in [0.4, 0.5) is 22.4 Å². The number of aryl methyl sites for hydroxylation is 1. The summed E-state index contributed by atoms with van der Waals surface area (Å²) >= 11 is 0.615. The van der Waals surface area contributed by atoms with Crippen molar-refractivity contribution in [3.05, 3.63) is 63.1 Å². The lowest BCUT2D eigenvalue weighted by Crippen LogP contribution is -2.55. The number of carbonyl (C=O) groups excluding carboxylic acids is 1. The number of amides is 2. The zero-order chi connectivity index (χ0) is 22.2. The molecule has 0 aliphatic carbocycles. The third kappa shape index (κ3) is 4.80. The third-order valence-corrected chi connectivity index (χ3v) is 6.36. The van der Waals surface area contributed by atoms with Crippen LogP contribution in [0.3, 0.4) is 0 Å². The van der Waals surface area contributed by atoms with E-state index in [2.05, 4.69) is 10.3 Å². The predicted octanol–water partition coefficient (Wildman–Crippen LogP) is 4.84. The van der Waals surface area contributed by atoms with Gasteiger partial charge in [-0.1, -0.05) is 12.1 Å². The number of aliphatic imine (C=N–C) groups is 1. The van der Waals surface area contributed by atoms with Crippen molar-refractivity contribution in [3.63, 3.8) is 0 Å². The lowest BCUT2D eigenvalue weighted by molar-refractivity contribution is -0.134. The number of thiophene rings is 1. The molecule has 1 aromatic carbocycles. The highest BCUT2D eigenvalue weighted by atomic mass is 32.1. The van der Waals surface area contributed by atoms with E-state index in [4.69, 9.17) is 0 Å². The molecule has 2 amide bonds. The Morgan fingerprint density at radius 1 is 1.26 bits per heavy atom. The summed E-state index contributed by atoms with van der Waals surface area (Å²) in [6, 6.07) is 6.71. The molecule has 0 saturated heterocycles. The van der Waals surface area contributed by atoms with Gasteiger partial charge in [0.1, 0.15) is 10.7 Å². The van der Waals surface area contributed by atoms with E-state index < -0.39 is 23.4 Å². The highest BCUT2D eigenvalue weighted by Gasteiger charge is 2.33. The van der Waals surface area contributed by atoms with Gasteiger partial charge in [-0.05, 0) is 54.3 Å². The summed E-state index contributed by atoms with van der Waals surface area (Å²) in [5.74, 6) is -0.264. The van der Waals surface area contributed by atoms with Crippen molar-refractivity contribution in [3.8, 4) is 0 Å². The summed E-state index contributed by atoms with van der Waals surface area (Å²) in [5.41, 5.74) is 3.01. The van der Waals surface area contributed by atoms with Gasteiger partial charge in [-0.3, -0.25) is 9.80 Å². The van der Waals surface area contributed by atoms with E-state index in [1.165, 1.54) is 29.4 Å². The minimum Gasteiger partial charge on any atom is -0.303 e. The van der Waals surface area contributed by atoms with Gasteiger partial charge in [0.05, 0.1) is 12.9 Å². The van der Waals surface area contributed by atoms with Gasteiger partial charge < -0.3 is 5.32 Å². The average molecular weight is 452 g/mol. The van der Waals surface area contributed by atoms with Gasteiger partial charge >= 0.3 is 12.2 Å². The number of alkyl halides is 3. The molecule has 2 aliphatic rings. The van der Waals surface area contributed by atoms with E-state index >= 15 is 0 Å². The first-order valence-corrected chi connectivity index (χ1v) is 10.5. The minimum absolute atomic E-state index is 0.0245. The van der Waals surface area contributed by atoms with Gasteiger partial charge in [-0.15, -0.1) is 11.3 Å². The molecule has 0 fully saturated rings. The number of benzene rings is 1. The molecule has 2 aliphatic heterocycles. The zero-order valence-corrected chi connectivity index (χ0v) is 17.4. The first-order chi connectivity index (χ1) is 14.7. The first kappa shape index (κ1) is 21.5. The van der Waals surface area contributed by atoms with Crippen molar-refractivity contribution in [2.75, 3.05) is 13.1 Å². The van der Waals surface area contributed by atoms with Crippen molar-refractivity contribution in [1.82, 2.24) is 15.1 Å². The van der Waals surface area contributed by atoms with Crippen molar-refractivity contribution < 1.29 is 22.4 Å². The summed E-state index contributed by atoms with van der Waals surface area (Å²) in [6.07, 6.45) is -0.778. The van der Waals surface area contributed by atoms with Crippen LogP contribution in [0.25, 0.3) is 5.57 Å². The molecule has 31 heavy (non-hydrogen) atoms. The molecule has 1 unspecified atom stereocenters. The number of rotatable bonds is 4. The Labute approximate surface area is 180 Å². The lowest BCUT2D eigenvalue weighted by Gasteiger charge is -2.35. The monoisotopic (exact) mass is 452 g/mol. The Balaban J connectivity index is 1.39. The van der Waals surface area contributed by atoms with Gasteiger partial charge in [-0.2, -0.15) is 13.2 Å². The second-order valence-corrected chi connectivity index (χ2v) is 8.58. The molecule has 5 nitrogen and oxygen atoms in total. The molecule has 3 heterocycles. The maximum Gasteiger partial charge on any atom is 0.425 e. The molecule has 0 radical (unpaired) electrons. The van der Waals surface area contributed by atoms with Crippen molar-refractivity contribution >= 4 is 29.3 Å². The molecule has 1 aromatic heterocycles. The number of urea groups is 1. The minimum atomic E-state index is -4.39. The van der Waals surface area contributed by atoms with Crippen LogP contribution < -0.4 is 5.32 Å². The molecule has 0 saturated carbocycles. The molecule has 1 atom stereocenters. The van der Waals surface area contributed by atoms with Crippen LogP contribution in [0.5, 0.6) is 0 Å². The number of hydrogen-bond donors (Lipinski definition) is 1. The fraction of sp³-hybridized carbons (Fsp3) is 0.333. The highest BCUT2D eigenvalue weighted by molar-refractivity contribution is 7.12. The zero-order valence-electron chi connectivity index (χ0n) is 16.6. The van der Waals surface area contributed by atoms with Gasteiger partial charge in [-0.25, -0.2) is 14.2 Å². The second-order valence-electron chi connectivity index (χ2n) is 7.41.